The molecule has 18 heavy (non-hydrogen) atoms. The fourth-order valence-electron chi connectivity index (χ4n) is 1.14. The second kappa shape index (κ2) is 5.32. The quantitative estimate of drug-likeness (QED) is 0.648. The monoisotopic (exact) mass is 271 g/mol. The second-order valence-corrected chi connectivity index (χ2v) is 4.55. The number of non-ortho nitro benzene ring substituents is 1. The smallest absolute Gasteiger partial charge is 0.271 e. The Kier molecular flexibility index (Phi) is 4.26. The molecule has 0 spiro atoms. The Bertz CT molecular complexity index is 488. The van der Waals surface area contributed by atoms with Crippen LogP contribution in [0.25, 0.3) is 0 Å². The molecule has 1 aromatic rings. The fourth-order valence-corrected chi connectivity index (χ4v) is 1.37. The van der Waals surface area contributed by atoms with Gasteiger partial charge in [-0.25, -0.2) is 0 Å². The summed E-state index contributed by atoms with van der Waals surface area (Å²) < 4.78 is 0. The molecule has 3 N–H and O–H groups in total. The first kappa shape index (κ1) is 14.4. The highest BCUT2D eigenvalue weighted by molar-refractivity contribution is 6.34. The van der Waals surface area contributed by atoms with Crippen molar-refractivity contribution in [1.29, 1.82) is 0 Å². The normalized spacial score (nSPS) is 13.8. The lowest BCUT2D eigenvalue weighted by atomic mass is 9.99. The average molecular weight is 272 g/mol. The Hall–Kier alpha value is -1.66. The summed E-state index contributed by atoms with van der Waals surface area (Å²) in [6.07, 6.45) is 0.462. The number of hydrogen-bond donors (Lipinski definition) is 2. The van der Waals surface area contributed by atoms with E-state index in [2.05, 4.69) is 5.32 Å². The summed E-state index contributed by atoms with van der Waals surface area (Å²) in [5.41, 5.74) is 4.93. The van der Waals surface area contributed by atoms with Gasteiger partial charge in [-0.3, -0.25) is 14.9 Å². The number of amides is 1. The van der Waals surface area contributed by atoms with E-state index in [9.17, 15) is 14.9 Å². The number of nitro benzene ring substituents is 1. The molecule has 7 heteroatoms. The van der Waals surface area contributed by atoms with Gasteiger partial charge in [0.25, 0.3) is 5.69 Å². The van der Waals surface area contributed by atoms with E-state index in [4.69, 9.17) is 17.3 Å². The number of anilines is 1. The Morgan fingerprint density at radius 3 is 2.67 bits per heavy atom. The first-order valence-corrected chi connectivity index (χ1v) is 5.70. The van der Waals surface area contributed by atoms with Gasteiger partial charge in [-0.1, -0.05) is 18.5 Å². The summed E-state index contributed by atoms with van der Waals surface area (Å²) in [7, 11) is 0. The van der Waals surface area contributed by atoms with E-state index in [0.717, 1.165) is 0 Å². The van der Waals surface area contributed by atoms with Gasteiger partial charge < -0.3 is 11.1 Å². The van der Waals surface area contributed by atoms with Crippen molar-refractivity contribution in [2.45, 2.75) is 25.8 Å². The van der Waals surface area contributed by atoms with E-state index in [1.165, 1.54) is 18.2 Å². The number of rotatable bonds is 4. The van der Waals surface area contributed by atoms with Gasteiger partial charge in [-0.2, -0.15) is 0 Å². The van der Waals surface area contributed by atoms with E-state index < -0.39 is 10.5 Å². The van der Waals surface area contributed by atoms with Crippen molar-refractivity contribution in [2.24, 2.45) is 5.73 Å². The van der Waals surface area contributed by atoms with Gasteiger partial charge in [-0.05, 0) is 19.4 Å². The molecule has 1 unspecified atom stereocenters. The molecular formula is C11H14ClN3O3. The first-order valence-electron chi connectivity index (χ1n) is 5.32. The molecular weight excluding hydrogens is 258 g/mol. The van der Waals surface area contributed by atoms with Gasteiger partial charge in [0.15, 0.2) is 0 Å². The predicted molar refractivity (Wildman–Crippen MR) is 69.6 cm³/mol. The number of nitro groups is 1. The fraction of sp³-hybridized carbons (Fsp3) is 0.364. The number of hydrogen-bond acceptors (Lipinski definition) is 4. The van der Waals surface area contributed by atoms with Crippen LogP contribution in [0.15, 0.2) is 18.2 Å². The molecule has 1 amide bonds. The van der Waals surface area contributed by atoms with Crippen LogP contribution in [-0.2, 0) is 4.79 Å². The van der Waals surface area contributed by atoms with Gasteiger partial charge in [0, 0.05) is 12.1 Å². The molecule has 0 saturated carbocycles. The highest BCUT2D eigenvalue weighted by Gasteiger charge is 2.26. The maximum absolute atomic E-state index is 11.8. The molecule has 0 aliphatic carbocycles. The standard InChI is InChI=1S/C11H14ClN3O3/c1-3-11(2,13)10(16)14-9-5-4-7(15(17)18)6-8(9)12/h4-6H,3,13H2,1-2H3,(H,14,16). The molecule has 0 radical (unpaired) electrons. The van der Waals surface area contributed by atoms with Crippen LogP contribution in [0.4, 0.5) is 11.4 Å². The number of carbonyl (C=O) groups excluding carboxylic acids is 1. The van der Waals surface area contributed by atoms with E-state index >= 15 is 0 Å². The molecule has 98 valence electrons. The number of halogens is 1. The summed E-state index contributed by atoms with van der Waals surface area (Å²) in [5.74, 6) is -0.388. The summed E-state index contributed by atoms with van der Waals surface area (Å²) in [4.78, 5) is 21.8. The molecule has 0 aliphatic heterocycles. The summed E-state index contributed by atoms with van der Waals surface area (Å²) in [6, 6.07) is 3.82. The van der Waals surface area contributed by atoms with Crippen molar-refractivity contribution >= 4 is 28.9 Å². The molecule has 1 atom stereocenters. The summed E-state index contributed by atoms with van der Waals surface area (Å²) >= 11 is 5.85. The zero-order valence-corrected chi connectivity index (χ0v) is 10.8. The first-order chi connectivity index (χ1) is 8.27. The number of nitrogens with one attached hydrogen (secondary N) is 1. The van der Waals surface area contributed by atoms with E-state index in [0.29, 0.717) is 12.1 Å². The Labute approximate surface area is 109 Å². The third-order valence-corrected chi connectivity index (χ3v) is 2.98. The van der Waals surface area contributed by atoms with E-state index in [-0.39, 0.29) is 16.6 Å². The number of benzene rings is 1. The van der Waals surface area contributed by atoms with Crippen molar-refractivity contribution in [2.75, 3.05) is 5.32 Å². The molecule has 0 bridgehead atoms. The maximum Gasteiger partial charge on any atom is 0.271 e. The zero-order chi connectivity index (χ0) is 13.9. The highest BCUT2D eigenvalue weighted by atomic mass is 35.5. The second-order valence-electron chi connectivity index (χ2n) is 4.15. The van der Waals surface area contributed by atoms with Crippen LogP contribution in [0.3, 0.4) is 0 Å². The molecule has 6 nitrogen and oxygen atoms in total. The highest BCUT2D eigenvalue weighted by Crippen LogP contribution is 2.27. The van der Waals surface area contributed by atoms with Crippen LogP contribution in [0.2, 0.25) is 5.02 Å². The third kappa shape index (κ3) is 3.18. The van der Waals surface area contributed by atoms with Crippen LogP contribution >= 0.6 is 11.6 Å². The summed E-state index contributed by atoms with van der Waals surface area (Å²) in [6.45, 7) is 3.39. The van der Waals surface area contributed by atoms with Crippen LogP contribution in [0.1, 0.15) is 20.3 Å². The number of carbonyl (C=O) groups is 1. The minimum atomic E-state index is -1.01. The van der Waals surface area contributed by atoms with Gasteiger partial charge in [-0.15, -0.1) is 0 Å². The molecule has 0 heterocycles. The molecule has 0 aliphatic rings. The Balaban J connectivity index is 2.93. The SMILES string of the molecule is CCC(C)(N)C(=O)Nc1ccc([N+](=O)[O-])cc1Cl. The molecule has 0 aromatic heterocycles. The molecule has 1 aromatic carbocycles. The topological polar surface area (TPSA) is 98.3 Å². The van der Waals surface area contributed by atoms with E-state index in [1.807, 2.05) is 0 Å². The van der Waals surface area contributed by atoms with Gasteiger partial charge in [0.1, 0.15) is 0 Å². The minimum Gasteiger partial charge on any atom is -0.323 e. The van der Waals surface area contributed by atoms with Crippen LogP contribution in [0, 0.1) is 10.1 Å². The van der Waals surface area contributed by atoms with Gasteiger partial charge in [0.05, 0.1) is 21.2 Å². The molecule has 1 rings (SSSR count). The minimum absolute atomic E-state index is 0.101. The lowest BCUT2D eigenvalue weighted by Crippen LogP contribution is -2.47. The zero-order valence-electron chi connectivity index (χ0n) is 10.1. The largest absolute Gasteiger partial charge is 0.323 e. The van der Waals surface area contributed by atoms with Crippen molar-refractivity contribution < 1.29 is 9.72 Å². The molecule has 0 saturated heterocycles. The molecule has 0 fully saturated rings. The van der Waals surface area contributed by atoms with Crippen molar-refractivity contribution in [3.05, 3.63) is 33.3 Å². The predicted octanol–water partition coefficient (Wildman–Crippen LogP) is 2.31. The van der Waals surface area contributed by atoms with Gasteiger partial charge >= 0.3 is 0 Å². The average Bonchev–Trinajstić information content (AvgIpc) is 2.31. The maximum atomic E-state index is 11.8. The van der Waals surface area contributed by atoms with Crippen LogP contribution in [0.5, 0.6) is 0 Å². The van der Waals surface area contributed by atoms with Crippen molar-refractivity contribution in [3.8, 4) is 0 Å². The lowest BCUT2D eigenvalue weighted by Gasteiger charge is -2.21. The van der Waals surface area contributed by atoms with Crippen LogP contribution < -0.4 is 11.1 Å². The lowest BCUT2D eigenvalue weighted by molar-refractivity contribution is -0.384. The Morgan fingerprint density at radius 2 is 2.22 bits per heavy atom. The third-order valence-electron chi connectivity index (χ3n) is 2.66. The van der Waals surface area contributed by atoms with Gasteiger partial charge in [0.2, 0.25) is 5.91 Å². The van der Waals surface area contributed by atoms with Crippen molar-refractivity contribution in [1.82, 2.24) is 0 Å². The number of nitrogens with zero attached hydrogens (tertiary/aromatic N) is 1. The van der Waals surface area contributed by atoms with E-state index in [1.54, 1.807) is 13.8 Å². The number of nitrogens with two attached hydrogens (primary N) is 1. The Morgan fingerprint density at radius 1 is 1.61 bits per heavy atom. The van der Waals surface area contributed by atoms with Crippen molar-refractivity contribution in [3.63, 3.8) is 0 Å². The van der Waals surface area contributed by atoms with Crippen LogP contribution in [-0.4, -0.2) is 16.4 Å². The summed E-state index contributed by atoms with van der Waals surface area (Å²) in [5, 5.41) is 13.2.